The van der Waals surface area contributed by atoms with Crippen LogP contribution in [0, 0.1) is 12.7 Å². The molecule has 2 aromatic rings. The number of carbonyl (C=O) groups excluding carboxylic acids is 1. The molecule has 1 aliphatic heterocycles. The second kappa shape index (κ2) is 8.89. The maximum Gasteiger partial charge on any atom is 0.307 e. The molecule has 0 radical (unpaired) electrons. The monoisotopic (exact) mass is 371 g/mol. The van der Waals surface area contributed by atoms with Crippen LogP contribution in [-0.2, 0) is 16.1 Å². The number of halogens is 1. The zero-order chi connectivity index (χ0) is 19.2. The van der Waals surface area contributed by atoms with E-state index in [4.69, 9.17) is 9.47 Å². The van der Waals surface area contributed by atoms with Crippen LogP contribution in [0.2, 0.25) is 0 Å². The summed E-state index contributed by atoms with van der Waals surface area (Å²) < 4.78 is 24.9. The van der Waals surface area contributed by atoms with Crippen molar-refractivity contribution in [1.82, 2.24) is 0 Å². The molecule has 3 rings (SSSR count). The van der Waals surface area contributed by atoms with Crippen LogP contribution in [0.5, 0.6) is 5.75 Å². The van der Waals surface area contributed by atoms with Crippen molar-refractivity contribution in [3.05, 3.63) is 59.4 Å². The van der Waals surface area contributed by atoms with Crippen LogP contribution in [0.1, 0.15) is 37.3 Å². The highest BCUT2D eigenvalue weighted by Gasteiger charge is 2.27. The van der Waals surface area contributed by atoms with Gasteiger partial charge in [0.25, 0.3) is 0 Å². The van der Waals surface area contributed by atoms with Gasteiger partial charge in [0.1, 0.15) is 18.2 Å². The van der Waals surface area contributed by atoms with Gasteiger partial charge in [-0.15, -0.1) is 0 Å². The third-order valence-electron chi connectivity index (χ3n) is 4.92. The average molecular weight is 371 g/mol. The predicted octanol–water partition coefficient (Wildman–Crippen LogP) is 4.64. The van der Waals surface area contributed by atoms with Crippen molar-refractivity contribution in [1.29, 1.82) is 0 Å². The van der Waals surface area contributed by atoms with Gasteiger partial charge in [-0.1, -0.05) is 18.2 Å². The molecule has 1 atom stereocenters. The minimum Gasteiger partial charge on any atom is -0.489 e. The zero-order valence-corrected chi connectivity index (χ0v) is 15.9. The first-order valence-electron chi connectivity index (χ1n) is 9.47. The molecular formula is C22H26FNO3. The summed E-state index contributed by atoms with van der Waals surface area (Å²) in [4.78, 5) is 14.1. The number of carbonyl (C=O) groups is 1. The van der Waals surface area contributed by atoms with Gasteiger partial charge in [-0.05, 0) is 56.5 Å². The van der Waals surface area contributed by atoms with E-state index in [1.165, 1.54) is 0 Å². The third-order valence-corrected chi connectivity index (χ3v) is 4.92. The summed E-state index contributed by atoms with van der Waals surface area (Å²) in [7, 11) is 0. The van der Waals surface area contributed by atoms with E-state index in [1.54, 1.807) is 19.1 Å². The lowest BCUT2D eigenvalue weighted by atomic mass is 10.1. The van der Waals surface area contributed by atoms with E-state index < -0.39 is 0 Å². The fraction of sp³-hybridized carbons (Fsp3) is 0.409. The molecule has 0 amide bonds. The van der Waals surface area contributed by atoms with E-state index in [0.29, 0.717) is 29.9 Å². The Morgan fingerprint density at radius 1 is 1.22 bits per heavy atom. The molecule has 0 bridgehead atoms. The largest absolute Gasteiger partial charge is 0.489 e. The summed E-state index contributed by atoms with van der Waals surface area (Å²) >= 11 is 0. The van der Waals surface area contributed by atoms with E-state index in [2.05, 4.69) is 4.90 Å². The van der Waals surface area contributed by atoms with Gasteiger partial charge in [0.05, 0.1) is 13.0 Å². The molecule has 144 valence electrons. The molecule has 5 heteroatoms. The normalized spacial score (nSPS) is 16.4. The highest BCUT2D eigenvalue weighted by Crippen LogP contribution is 2.29. The Morgan fingerprint density at radius 2 is 2.00 bits per heavy atom. The Bertz CT molecular complexity index is 776. The number of nitrogens with zero attached hydrogens (tertiary/aromatic N) is 1. The lowest BCUT2D eigenvalue weighted by molar-refractivity contribution is -0.143. The lowest BCUT2D eigenvalue weighted by Crippen LogP contribution is -2.31. The molecule has 0 N–H and O–H groups in total. The molecule has 1 fully saturated rings. The summed E-state index contributed by atoms with van der Waals surface area (Å²) in [5, 5.41) is 0. The quantitative estimate of drug-likeness (QED) is 0.665. The molecule has 4 nitrogen and oxygen atoms in total. The van der Waals surface area contributed by atoms with Crippen LogP contribution in [-0.4, -0.2) is 25.2 Å². The molecule has 2 aromatic carbocycles. The highest BCUT2D eigenvalue weighted by atomic mass is 19.1. The molecule has 1 aliphatic rings. The van der Waals surface area contributed by atoms with Crippen molar-refractivity contribution in [2.75, 3.05) is 18.1 Å². The Hall–Kier alpha value is -2.56. The number of benzene rings is 2. The summed E-state index contributed by atoms with van der Waals surface area (Å²) in [6, 6.07) is 13.3. The van der Waals surface area contributed by atoms with Crippen molar-refractivity contribution in [3.8, 4) is 5.75 Å². The Balaban J connectivity index is 1.61. The Labute approximate surface area is 159 Å². The van der Waals surface area contributed by atoms with Gasteiger partial charge in [0, 0.05) is 23.8 Å². The van der Waals surface area contributed by atoms with Crippen molar-refractivity contribution in [2.45, 2.75) is 45.8 Å². The number of hydrogen-bond acceptors (Lipinski definition) is 4. The first-order chi connectivity index (χ1) is 13.1. The molecule has 0 spiro atoms. The molecular weight excluding hydrogens is 345 g/mol. The van der Waals surface area contributed by atoms with Gasteiger partial charge in [-0.3, -0.25) is 4.79 Å². The van der Waals surface area contributed by atoms with E-state index in [9.17, 15) is 9.18 Å². The molecule has 1 heterocycles. The van der Waals surface area contributed by atoms with Crippen LogP contribution < -0.4 is 9.64 Å². The maximum atomic E-state index is 14.1. The van der Waals surface area contributed by atoms with Gasteiger partial charge in [-0.2, -0.15) is 0 Å². The SMILES string of the molecule is CCOC(=O)C[C@@H]1CCCN1c1ccc(OCc2cccc(C)c2F)cc1. The van der Waals surface area contributed by atoms with Crippen LogP contribution in [0.4, 0.5) is 10.1 Å². The minimum atomic E-state index is -0.215. The minimum absolute atomic E-state index is 0.144. The van der Waals surface area contributed by atoms with Gasteiger partial charge in [0.2, 0.25) is 0 Å². The fourth-order valence-electron chi connectivity index (χ4n) is 3.51. The van der Waals surface area contributed by atoms with Crippen LogP contribution in [0.25, 0.3) is 0 Å². The number of hydrogen-bond donors (Lipinski definition) is 0. The molecule has 0 unspecified atom stereocenters. The fourth-order valence-corrected chi connectivity index (χ4v) is 3.51. The van der Waals surface area contributed by atoms with Crippen molar-refractivity contribution < 1.29 is 18.7 Å². The lowest BCUT2D eigenvalue weighted by Gasteiger charge is -2.26. The number of ether oxygens (including phenoxy) is 2. The molecule has 0 aliphatic carbocycles. The Morgan fingerprint density at radius 3 is 2.74 bits per heavy atom. The topological polar surface area (TPSA) is 38.8 Å². The third kappa shape index (κ3) is 4.79. The van der Waals surface area contributed by atoms with Gasteiger partial charge in [-0.25, -0.2) is 4.39 Å². The molecule has 0 aromatic heterocycles. The number of anilines is 1. The van der Waals surface area contributed by atoms with E-state index in [0.717, 1.165) is 25.1 Å². The van der Waals surface area contributed by atoms with Crippen LogP contribution >= 0.6 is 0 Å². The van der Waals surface area contributed by atoms with Gasteiger partial charge < -0.3 is 14.4 Å². The molecule has 27 heavy (non-hydrogen) atoms. The predicted molar refractivity (Wildman–Crippen MR) is 104 cm³/mol. The van der Waals surface area contributed by atoms with E-state index in [1.807, 2.05) is 37.3 Å². The average Bonchev–Trinajstić information content (AvgIpc) is 3.11. The first kappa shape index (κ1) is 19.2. The molecule has 0 saturated carbocycles. The first-order valence-corrected chi connectivity index (χ1v) is 9.47. The van der Waals surface area contributed by atoms with E-state index in [-0.39, 0.29) is 24.4 Å². The Kier molecular flexibility index (Phi) is 6.32. The maximum absolute atomic E-state index is 14.1. The zero-order valence-electron chi connectivity index (χ0n) is 15.9. The highest BCUT2D eigenvalue weighted by molar-refractivity contribution is 5.71. The van der Waals surface area contributed by atoms with E-state index >= 15 is 0 Å². The van der Waals surface area contributed by atoms with Crippen molar-refractivity contribution >= 4 is 11.7 Å². The van der Waals surface area contributed by atoms with Gasteiger partial charge >= 0.3 is 5.97 Å². The summed E-state index contributed by atoms with van der Waals surface area (Å²) in [6.07, 6.45) is 2.47. The number of rotatable bonds is 7. The second-order valence-corrected chi connectivity index (χ2v) is 6.83. The van der Waals surface area contributed by atoms with Crippen molar-refractivity contribution in [3.63, 3.8) is 0 Å². The smallest absolute Gasteiger partial charge is 0.307 e. The van der Waals surface area contributed by atoms with Crippen molar-refractivity contribution in [2.24, 2.45) is 0 Å². The summed E-state index contributed by atoms with van der Waals surface area (Å²) in [6.45, 7) is 5.11. The molecule has 1 saturated heterocycles. The summed E-state index contributed by atoms with van der Waals surface area (Å²) in [5.74, 6) is 0.336. The number of esters is 1. The standard InChI is InChI=1S/C22H26FNO3/c1-3-26-21(25)14-19-8-5-13-24(19)18-9-11-20(12-10-18)27-15-17-7-4-6-16(2)22(17)23/h4,6-7,9-12,19H,3,5,8,13-15H2,1-2H3/t19-/m0/s1. The summed E-state index contributed by atoms with van der Waals surface area (Å²) in [5.41, 5.74) is 2.23. The number of aryl methyl sites for hydroxylation is 1. The van der Waals surface area contributed by atoms with Gasteiger partial charge in [0.15, 0.2) is 0 Å². The second-order valence-electron chi connectivity index (χ2n) is 6.83. The van der Waals surface area contributed by atoms with Crippen LogP contribution in [0.3, 0.4) is 0 Å². The van der Waals surface area contributed by atoms with Crippen LogP contribution in [0.15, 0.2) is 42.5 Å².